The van der Waals surface area contributed by atoms with Gasteiger partial charge in [-0.15, -0.1) is 0 Å². The number of benzene rings is 1. The minimum Gasteiger partial charge on any atom is -0.310 e. The third kappa shape index (κ3) is 2.25. The van der Waals surface area contributed by atoms with Crippen LogP contribution in [0.4, 0.5) is 0 Å². The summed E-state index contributed by atoms with van der Waals surface area (Å²) in [5, 5.41) is 4.87. The molecule has 2 aromatic rings. The van der Waals surface area contributed by atoms with Gasteiger partial charge in [-0.2, -0.15) is 0 Å². The smallest absolute Gasteiger partial charge is 0.0705 e. The number of pyridine rings is 1. The first-order valence-corrected chi connectivity index (χ1v) is 6.88. The predicted molar refractivity (Wildman–Crippen MR) is 75.6 cm³/mol. The van der Waals surface area contributed by atoms with E-state index >= 15 is 0 Å². The number of fused-ring (bicyclic) bond motifs is 1. The summed E-state index contributed by atoms with van der Waals surface area (Å²) in [6, 6.07) is 11.5. The van der Waals surface area contributed by atoms with Crippen molar-refractivity contribution in [1.29, 1.82) is 0 Å². The number of hydrogen-bond acceptors (Lipinski definition) is 2. The molecule has 0 aliphatic heterocycles. The highest BCUT2D eigenvalue weighted by Crippen LogP contribution is 2.41. The quantitative estimate of drug-likeness (QED) is 0.883. The van der Waals surface area contributed by atoms with Gasteiger partial charge in [0, 0.05) is 17.1 Å². The van der Waals surface area contributed by atoms with E-state index in [0.29, 0.717) is 6.04 Å². The van der Waals surface area contributed by atoms with Crippen LogP contribution in [0.15, 0.2) is 30.3 Å². The minimum atomic E-state index is 0.528. The fraction of sp³-hybridized carbons (Fsp3) is 0.438. The van der Waals surface area contributed by atoms with Crippen molar-refractivity contribution in [2.75, 3.05) is 6.54 Å². The van der Waals surface area contributed by atoms with Crippen molar-refractivity contribution < 1.29 is 0 Å². The third-order valence-electron chi connectivity index (χ3n) is 3.73. The molecular weight excluding hydrogens is 220 g/mol. The van der Waals surface area contributed by atoms with Crippen LogP contribution >= 0.6 is 0 Å². The molecule has 0 radical (unpaired) electrons. The van der Waals surface area contributed by atoms with Crippen LogP contribution in [-0.2, 0) is 0 Å². The molecule has 3 rings (SSSR count). The van der Waals surface area contributed by atoms with Gasteiger partial charge in [0.2, 0.25) is 0 Å². The molecule has 0 amide bonds. The van der Waals surface area contributed by atoms with Crippen molar-refractivity contribution in [3.05, 3.63) is 41.6 Å². The molecule has 1 aliphatic rings. The minimum absolute atomic E-state index is 0.528. The number of aromatic nitrogens is 1. The second-order valence-corrected chi connectivity index (χ2v) is 5.28. The normalized spacial score (nSPS) is 17.0. The van der Waals surface area contributed by atoms with E-state index in [0.717, 1.165) is 23.7 Å². The summed E-state index contributed by atoms with van der Waals surface area (Å²) in [4.78, 5) is 4.56. The molecule has 2 nitrogen and oxygen atoms in total. The summed E-state index contributed by atoms with van der Waals surface area (Å²) in [7, 11) is 0. The van der Waals surface area contributed by atoms with Gasteiger partial charge < -0.3 is 5.32 Å². The van der Waals surface area contributed by atoms with Crippen LogP contribution in [0.3, 0.4) is 0 Å². The maximum absolute atomic E-state index is 4.56. The molecule has 1 aliphatic carbocycles. The van der Waals surface area contributed by atoms with E-state index < -0.39 is 0 Å². The van der Waals surface area contributed by atoms with Crippen LogP contribution in [0.25, 0.3) is 10.9 Å². The average Bonchev–Trinajstić information content (AvgIpc) is 3.20. The van der Waals surface area contributed by atoms with Crippen molar-refractivity contribution in [2.45, 2.75) is 32.7 Å². The lowest BCUT2D eigenvalue weighted by Crippen LogP contribution is -2.22. The van der Waals surface area contributed by atoms with Crippen molar-refractivity contribution >= 4 is 10.9 Å². The highest BCUT2D eigenvalue weighted by Gasteiger charge is 2.31. The predicted octanol–water partition coefficient (Wildman–Crippen LogP) is 3.60. The Morgan fingerprint density at radius 3 is 2.83 bits per heavy atom. The fourth-order valence-corrected chi connectivity index (χ4v) is 2.65. The van der Waals surface area contributed by atoms with Crippen LogP contribution in [0.5, 0.6) is 0 Å². The van der Waals surface area contributed by atoms with Crippen molar-refractivity contribution in [3.8, 4) is 0 Å². The van der Waals surface area contributed by atoms with Crippen molar-refractivity contribution in [2.24, 2.45) is 5.92 Å². The lowest BCUT2D eigenvalue weighted by molar-refractivity contribution is 0.496. The first kappa shape index (κ1) is 11.7. The van der Waals surface area contributed by atoms with Gasteiger partial charge in [0.15, 0.2) is 0 Å². The van der Waals surface area contributed by atoms with Gasteiger partial charge in [-0.05, 0) is 56.0 Å². The van der Waals surface area contributed by atoms with Crippen molar-refractivity contribution in [3.63, 3.8) is 0 Å². The first-order chi connectivity index (χ1) is 8.78. The molecule has 0 bridgehead atoms. The van der Waals surface area contributed by atoms with E-state index in [1.54, 1.807) is 0 Å². The van der Waals surface area contributed by atoms with Gasteiger partial charge in [0.05, 0.1) is 5.52 Å². The van der Waals surface area contributed by atoms with Gasteiger partial charge in [0.1, 0.15) is 0 Å². The van der Waals surface area contributed by atoms with E-state index in [1.807, 2.05) is 6.92 Å². The molecule has 1 heterocycles. The van der Waals surface area contributed by atoms with E-state index in [1.165, 1.54) is 23.8 Å². The maximum atomic E-state index is 4.56. The molecule has 1 N–H and O–H groups in total. The fourth-order valence-electron chi connectivity index (χ4n) is 2.65. The summed E-state index contributed by atoms with van der Waals surface area (Å²) >= 11 is 0. The molecule has 1 aromatic heterocycles. The second kappa shape index (κ2) is 4.69. The van der Waals surface area contributed by atoms with E-state index in [9.17, 15) is 0 Å². The van der Waals surface area contributed by atoms with Crippen LogP contribution in [0.1, 0.15) is 37.1 Å². The van der Waals surface area contributed by atoms with E-state index in [2.05, 4.69) is 47.6 Å². The molecule has 1 aromatic carbocycles. The molecule has 1 saturated carbocycles. The number of nitrogens with zero attached hydrogens (tertiary/aromatic N) is 1. The first-order valence-electron chi connectivity index (χ1n) is 6.88. The van der Waals surface area contributed by atoms with Gasteiger partial charge in [0.25, 0.3) is 0 Å². The van der Waals surface area contributed by atoms with E-state index in [4.69, 9.17) is 0 Å². The SMILES string of the molecule is CCNC(c1ccc2nc(C)ccc2c1)C1CC1. The summed E-state index contributed by atoms with van der Waals surface area (Å²) in [5.41, 5.74) is 3.60. The van der Waals surface area contributed by atoms with E-state index in [-0.39, 0.29) is 0 Å². The monoisotopic (exact) mass is 240 g/mol. The molecule has 0 saturated heterocycles. The average molecular weight is 240 g/mol. The Kier molecular flexibility index (Phi) is 3.04. The number of aryl methyl sites for hydroxylation is 1. The summed E-state index contributed by atoms with van der Waals surface area (Å²) in [6.07, 6.45) is 2.73. The summed E-state index contributed by atoms with van der Waals surface area (Å²) in [6.45, 7) is 5.26. The molecule has 94 valence electrons. The third-order valence-corrected chi connectivity index (χ3v) is 3.73. The molecule has 1 unspecified atom stereocenters. The standard InChI is InChI=1S/C16H20N2/c1-3-17-16(12-6-7-12)14-8-9-15-13(10-14)5-4-11(2)18-15/h4-5,8-10,12,16-17H,3,6-7H2,1-2H3. The Balaban J connectivity index is 1.98. The molecule has 1 fully saturated rings. The number of rotatable bonds is 4. The molecular formula is C16H20N2. The largest absolute Gasteiger partial charge is 0.310 e. The number of hydrogen-bond donors (Lipinski definition) is 1. The van der Waals surface area contributed by atoms with Gasteiger partial charge >= 0.3 is 0 Å². The topological polar surface area (TPSA) is 24.9 Å². The highest BCUT2D eigenvalue weighted by atomic mass is 14.9. The zero-order chi connectivity index (χ0) is 12.5. The maximum Gasteiger partial charge on any atom is 0.0705 e. The molecule has 0 spiro atoms. The highest BCUT2D eigenvalue weighted by molar-refractivity contribution is 5.79. The van der Waals surface area contributed by atoms with Crippen LogP contribution in [-0.4, -0.2) is 11.5 Å². The van der Waals surface area contributed by atoms with Crippen LogP contribution in [0.2, 0.25) is 0 Å². The van der Waals surface area contributed by atoms with Crippen molar-refractivity contribution in [1.82, 2.24) is 10.3 Å². The molecule has 1 atom stereocenters. The zero-order valence-electron chi connectivity index (χ0n) is 11.1. The second-order valence-electron chi connectivity index (χ2n) is 5.28. The Bertz CT molecular complexity index is 558. The summed E-state index contributed by atoms with van der Waals surface area (Å²) < 4.78 is 0. The summed E-state index contributed by atoms with van der Waals surface area (Å²) in [5.74, 6) is 0.834. The van der Waals surface area contributed by atoms with Gasteiger partial charge in [-0.3, -0.25) is 4.98 Å². The van der Waals surface area contributed by atoms with Crippen LogP contribution in [0, 0.1) is 12.8 Å². The Hall–Kier alpha value is -1.41. The molecule has 2 heteroatoms. The van der Waals surface area contributed by atoms with Crippen LogP contribution < -0.4 is 5.32 Å². The Morgan fingerprint density at radius 1 is 1.28 bits per heavy atom. The van der Waals surface area contributed by atoms with Gasteiger partial charge in [-0.1, -0.05) is 19.1 Å². The number of nitrogens with one attached hydrogen (secondary N) is 1. The molecule has 18 heavy (non-hydrogen) atoms. The Labute approximate surface area is 108 Å². The zero-order valence-corrected chi connectivity index (χ0v) is 11.1. The Morgan fingerprint density at radius 2 is 2.11 bits per heavy atom. The van der Waals surface area contributed by atoms with Gasteiger partial charge in [-0.25, -0.2) is 0 Å². The lowest BCUT2D eigenvalue weighted by Gasteiger charge is -2.18. The lowest BCUT2D eigenvalue weighted by atomic mass is 10.00.